The summed E-state index contributed by atoms with van der Waals surface area (Å²) in [4.78, 5) is 33.2. The third-order valence-corrected chi connectivity index (χ3v) is 2.61. The Kier molecular flexibility index (Phi) is 2.80. The van der Waals surface area contributed by atoms with Gasteiger partial charge in [-0.05, 0) is 18.2 Å². The number of rotatable bonds is 2. The number of benzene rings is 1. The van der Waals surface area contributed by atoms with Crippen molar-refractivity contribution >= 4 is 29.3 Å². The van der Waals surface area contributed by atoms with Gasteiger partial charge in [0.25, 0.3) is 0 Å². The van der Waals surface area contributed by atoms with Crippen molar-refractivity contribution in [1.82, 2.24) is 0 Å². The molecular weight excluding hydrogens is 264 g/mol. The van der Waals surface area contributed by atoms with E-state index in [2.05, 4.69) is 0 Å². The lowest BCUT2D eigenvalue weighted by Crippen LogP contribution is -2.07. The highest BCUT2D eigenvalue weighted by Crippen LogP contribution is 2.33. The van der Waals surface area contributed by atoms with E-state index in [0.717, 1.165) is 6.07 Å². The monoisotopic (exact) mass is 268 g/mol. The zero-order valence-corrected chi connectivity index (χ0v) is 9.39. The summed E-state index contributed by atoms with van der Waals surface area (Å²) < 4.78 is 5.00. The van der Waals surface area contributed by atoms with Crippen molar-refractivity contribution in [1.29, 1.82) is 0 Å². The van der Waals surface area contributed by atoms with Crippen LogP contribution in [0.1, 0.15) is 20.7 Å². The number of carboxylic acids is 2. The van der Waals surface area contributed by atoms with E-state index >= 15 is 0 Å². The molecule has 0 atom stereocenters. The summed E-state index contributed by atoms with van der Waals surface area (Å²) in [5.41, 5.74) is -0.123. The molecule has 0 bridgehead atoms. The van der Waals surface area contributed by atoms with Crippen LogP contribution in [-0.2, 0) is 4.79 Å². The average Bonchev–Trinajstić information content (AvgIpc) is 2.65. The number of hydrogen-bond acceptors (Lipinski definition) is 4. The first-order valence-electron chi connectivity index (χ1n) is 4.64. The molecule has 0 spiro atoms. The van der Waals surface area contributed by atoms with E-state index in [0.29, 0.717) is 0 Å². The lowest BCUT2D eigenvalue weighted by Gasteiger charge is -1.98. The minimum Gasteiger partial charge on any atom is -0.478 e. The lowest BCUT2D eigenvalue weighted by molar-refractivity contribution is -0.132. The Labute approximate surface area is 105 Å². The molecule has 0 radical (unpaired) electrons. The number of halogens is 1. The largest absolute Gasteiger partial charge is 0.478 e. The van der Waals surface area contributed by atoms with Gasteiger partial charge in [-0.1, -0.05) is 11.6 Å². The van der Waals surface area contributed by atoms with Crippen LogP contribution in [0, 0.1) is 0 Å². The molecule has 0 saturated heterocycles. The van der Waals surface area contributed by atoms with Crippen molar-refractivity contribution in [2.75, 3.05) is 0 Å². The molecule has 0 unspecified atom stereocenters. The third-order valence-electron chi connectivity index (χ3n) is 2.28. The molecule has 0 saturated carbocycles. The van der Waals surface area contributed by atoms with Crippen molar-refractivity contribution in [2.45, 2.75) is 0 Å². The molecule has 1 aliphatic rings. The number of carbonyl (C=O) groups excluding carboxylic acids is 1. The highest BCUT2D eigenvalue weighted by Gasteiger charge is 2.32. The number of carbonyl (C=O) groups is 3. The number of Topliss-reactive ketones (excluding diaryl/α,β-unsaturated/α-hetero) is 1. The Morgan fingerprint density at radius 3 is 2.44 bits per heavy atom. The van der Waals surface area contributed by atoms with Crippen LogP contribution in [0.2, 0.25) is 0 Å². The van der Waals surface area contributed by atoms with Gasteiger partial charge in [0.05, 0.1) is 11.1 Å². The molecule has 2 rings (SSSR count). The van der Waals surface area contributed by atoms with Gasteiger partial charge in [0.2, 0.25) is 11.5 Å². The highest BCUT2D eigenvalue weighted by molar-refractivity contribution is 6.43. The molecule has 1 aromatic rings. The van der Waals surface area contributed by atoms with Crippen LogP contribution in [-0.4, -0.2) is 27.9 Å². The quantitative estimate of drug-likeness (QED) is 0.788. The van der Waals surface area contributed by atoms with Gasteiger partial charge in [-0.2, -0.15) is 0 Å². The molecule has 18 heavy (non-hydrogen) atoms. The molecule has 6 nitrogen and oxygen atoms in total. The maximum absolute atomic E-state index is 11.8. The molecule has 0 aliphatic carbocycles. The normalized spacial score (nSPS) is 15.9. The predicted molar refractivity (Wildman–Crippen MR) is 58.9 cm³/mol. The van der Waals surface area contributed by atoms with E-state index in [1.807, 2.05) is 0 Å². The van der Waals surface area contributed by atoms with Crippen LogP contribution in [0.25, 0.3) is 0 Å². The van der Waals surface area contributed by atoms with Gasteiger partial charge in [-0.3, -0.25) is 4.79 Å². The summed E-state index contributed by atoms with van der Waals surface area (Å²) in [6.07, 6.45) is 0. The van der Waals surface area contributed by atoms with E-state index in [-0.39, 0.29) is 16.9 Å². The Bertz CT molecular complexity index is 616. The molecule has 92 valence electrons. The number of aromatic carboxylic acids is 1. The van der Waals surface area contributed by atoms with Crippen molar-refractivity contribution in [3.8, 4) is 5.75 Å². The number of allylic oxidation sites excluding steroid dienone is 1. The van der Waals surface area contributed by atoms with E-state index < -0.39 is 28.5 Å². The standard InChI is InChI=1S/C11H5ClO6/c12-7(11(16)17)9-8(13)5-3-4(10(14)15)1-2-6(5)18-9/h1-3H,(H,14,15)(H,16,17). The third kappa shape index (κ3) is 1.82. The van der Waals surface area contributed by atoms with Crippen molar-refractivity contribution in [3.05, 3.63) is 40.1 Å². The summed E-state index contributed by atoms with van der Waals surface area (Å²) in [6, 6.07) is 3.63. The molecule has 0 amide bonds. The predicted octanol–water partition coefficient (Wildman–Crippen LogP) is 1.49. The van der Waals surface area contributed by atoms with Crippen LogP contribution in [0.15, 0.2) is 29.0 Å². The fourth-order valence-electron chi connectivity index (χ4n) is 1.45. The van der Waals surface area contributed by atoms with Crippen LogP contribution in [0.5, 0.6) is 5.75 Å². The number of hydrogen-bond donors (Lipinski definition) is 2. The van der Waals surface area contributed by atoms with E-state index in [4.69, 9.17) is 26.6 Å². The Morgan fingerprint density at radius 1 is 1.22 bits per heavy atom. The molecule has 2 N–H and O–H groups in total. The number of carboxylic acid groups (broad SMARTS) is 2. The van der Waals surface area contributed by atoms with E-state index in [1.54, 1.807) is 0 Å². The van der Waals surface area contributed by atoms with Crippen molar-refractivity contribution in [2.24, 2.45) is 0 Å². The van der Waals surface area contributed by atoms with Crippen LogP contribution < -0.4 is 4.74 Å². The topological polar surface area (TPSA) is 101 Å². The minimum absolute atomic E-state index is 0.0238. The number of fused-ring (bicyclic) bond motifs is 1. The Balaban J connectivity index is 2.53. The first-order valence-corrected chi connectivity index (χ1v) is 5.02. The Hall–Kier alpha value is -2.34. The molecule has 1 aliphatic heterocycles. The van der Waals surface area contributed by atoms with Crippen molar-refractivity contribution < 1.29 is 29.3 Å². The summed E-state index contributed by atoms with van der Waals surface area (Å²) in [7, 11) is 0. The second-order valence-corrected chi connectivity index (χ2v) is 3.77. The maximum atomic E-state index is 11.8. The van der Waals surface area contributed by atoms with Crippen LogP contribution in [0.3, 0.4) is 0 Å². The number of ether oxygens (including phenoxy) is 1. The molecule has 7 heteroatoms. The summed E-state index contributed by atoms with van der Waals surface area (Å²) in [5.74, 6) is -3.87. The first-order chi connectivity index (χ1) is 8.41. The smallest absolute Gasteiger partial charge is 0.351 e. The molecule has 1 heterocycles. The molecular formula is C11H5ClO6. The number of aliphatic carboxylic acids is 1. The SMILES string of the molecule is O=C(O)C(Cl)=C1Oc2ccc(C(=O)O)cc2C1=O. The molecule has 0 aromatic heterocycles. The lowest BCUT2D eigenvalue weighted by atomic mass is 10.1. The Morgan fingerprint density at radius 2 is 1.89 bits per heavy atom. The zero-order valence-electron chi connectivity index (χ0n) is 8.64. The average molecular weight is 269 g/mol. The van der Waals surface area contributed by atoms with Crippen LogP contribution in [0.4, 0.5) is 0 Å². The fourth-order valence-corrected chi connectivity index (χ4v) is 1.57. The number of ketones is 1. The first kappa shape index (κ1) is 12.1. The van der Waals surface area contributed by atoms with Gasteiger partial charge in [-0.15, -0.1) is 0 Å². The van der Waals surface area contributed by atoms with Crippen LogP contribution >= 0.6 is 11.6 Å². The van der Waals surface area contributed by atoms with E-state index in [9.17, 15) is 14.4 Å². The van der Waals surface area contributed by atoms with Gasteiger partial charge >= 0.3 is 11.9 Å². The van der Waals surface area contributed by atoms with Crippen molar-refractivity contribution in [3.63, 3.8) is 0 Å². The second-order valence-electron chi connectivity index (χ2n) is 3.40. The van der Waals surface area contributed by atoms with Gasteiger partial charge in [0, 0.05) is 0 Å². The van der Waals surface area contributed by atoms with Gasteiger partial charge in [-0.25, -0.2) is 9.59 Å². The second kappa shape index (κ2) is 4.15. The summed E-state index contributed by atoms with van der Waals surface area (Å²) in [6.45, 7) is 0. The molecule has 1 aromatic carbocycles. The fraction of sp³-hybridized carbons (Fsp3) is 0. The maximum Gasteiger partial charge on any atom is 0.351 e. The van der Waals surface area contributed by atoms with E-state index in [1.165, 1.54) is 12.1 Å². The highest BCUT2D eigenvalue weighted by atomic mass is 35.5. The molecule has 0 fully saturated rings. The zero-order chi connectivity index (χ0) is 13.4. The minimum atomic E-state index is -1.49. The van der Waals surface area contributed by atoms with Gasteiger partial charge < -0.3 is 14.9 Å². The van der Waals surface area contributed by atoms with Gasteiger partial charge in [0.1, 0.15) is 5.75 Å². The van der Waals surface area contributed by atoms with Gasteiger partial charge in [0.15, 0.2) is 5.03 Å². The summed E-state index contributed by atoms with van der Waals surface area (Å²) >= 11 is 5.43. The summed E-state index contributed by atoms with van der Waals surface area (Å²) in [5, 5.41) is 16.7.